The molecule has 0 atom stereocenters. The van der Waals surface area contributed by atoms with Crippen LogP contribution in [0.2, 0.25) is 0 Å². The third-order valence-corrected chi connectivity index (χ3v) is 3.51. The fourth-order valence-electron chi connectivity index (χ4n) is 2.27. The first-order valence-electron chi connectivity index (χ1n) is 7.52. The molecular formula is C14H31N3O. The molecule has 1 aliphatic rings. The molecule has 1 fully saturated rings. The largest absolute Gasteiger partial charge is 0.382 e. The van der Waals surface area contributed by atoms with Crippen molar-refractivity contribution in [2.45, 2.75) is 26.2 Å². The molecule has 0 radical (unpaired) electrons. The van der Waals surface area contributed by atoms with E-state index in [4.69, 9.17) is 4.74 Å². The highest BCUT2D eigenvalue weighted by molar-refractivity contribution is 4.67. The standard InChI is InChI=1S/C14H31N3O/c1-3-18-14-6-7-15-8-11-16(2)12-13-17-9-4-5-10-17/h15H,3-14H2,1-2H3. The molecule has 1 heterocycles. The molecule has 4 heteroatoms. The maximum Gasteiger partial charge on any atom is 0.0477 e. The number of hydrogen-bond donors (Lipinski definition) is 1. The van der Waals surface area contributed by atoms with Gasteiger partial charge in [-0.1, -0.05) is 0 Å². The van der Waals surface area contributed by atoms with E-state index in [1.807, 2.05) is 6.92 Å². The number of nitrogens with zero attached hydrogens (tertiary/aromatic N) is 2. The lowest BCUT2D eigenvalue weighted by Gasteiger charge is -2.21. The van der Waals surface area contributed by atoms with Crippen molar-refractivity contribution < 1.29 is 4.74 Å². The Morgan fingerprint density at radius 1 is 1.17 bits per heavy atom. The Morgan fingerprint density at radius 2 is 1.94 bits per heavy atom. The summed E-state index contributed by atoms with van der Waals surface area (Å²) in [5.41, 5.74) is 0. The first kappa shape index (κ1) is 15.9. The summed E-state index contributed by atoms with van der Waals surface area (Å²) in [5, 5.41) is 3.47. The van der Waals surface area contributed by atoms with E-state index < -0.39 is 0 Å². The predicted octanol–water partition coefficient (Wildman–Crippen LogP) is 1.03. The van der Waals surface area contributed by atoms with Crippen molar-refractivity contribution in [1.29, 1.82) is 0 Å². The van der Waals surface area contributed by atoms with Gasteiger partial charge < -0.3 is 19.9 Å². The van der Waals surface area contributed by atoms with Gasteiger partial charge in [0.2, 0.25) is 0 Å². The van der Waals surface area contributed by atoms with Gasteiger partial charge in [0.15, 0.2) is 0 Å². The monoisotopic (exact) mass is 257 g/mol. The quantitative estimate of drug-likeness (QED) is 0.560. The molecular weight excluding hydrogens is 226 g/mol. The molecule has 1 rings (SSSR count). The van der Waals surface area contributed by atoms with Crippen LogP contribution in [0.3, 0.4) is 0 Å². The SMILES string of the molecule is CCOCCCNCCN(C)CCN1CCCC1. The van der Waals surface area contributed by atoms with Crippen molar-refractivity contribution in [3.63, 3.8) is 0 Å². The summed E-state index contributed by atoms with van der Waals surface area (Å²) in [5.74, 6) is 0. The average molecular weight is 257 g/mol. The second-order valence-electron chi connectivity index (χ2n) is 5.15. The van der Waals surface area contributed by atoms with Crippen LogP contribution >= 0.6 is 0 Å². The van der Waals surface area contributed by atoms with E-state index in [0.29, 0.717) is 0 Å². The highest BCUT2D eigenvalue weighted by Gasteiger charge is 2.11. The topological polar surface area (TPSA) is 27.7 Å². The Balaban J connectivity index is 1.82. The maximum absolute atomic E-state index is 5.30. The molecule has 0 amide bonds. The maximum atomic E-state index is 5.30. The van der Waals surface area contributed by atoms with E-state index in [0.717, 1.165) is 39.3 Å². The molecule has 18 heavy (non-hydrogen) atoms. The molecule has 0 aromatic carbocycles. The van der Waals surface area contributed by atoms with Crippen LogP contribution < -0.4 is 5.32 Å². The van der Waals surface area contributed by atoms with Crippen LogP contribution in [0.4, 0.5) is 0 Å². The normalized spacial score (nSPS) is 16.8. The van der Waals surface area contributed by atoms with Gasteiger partial charge in [-0.2, -0.15) is 0 Å². The Hall–Kier alpha value is -0.160. The summed E-state index contributed by atoms with van der Waals surface area (Å²) in [6.45, 7) is 12.1. The van der Waals surface area contributed by atoms with Gasteiger partial charge in [0.1, 0.15) is 0 Å². The van der Waals surface area contributed by atoms with Crippen molar-refractivity contribution in [2.75, 3.05) is 66.1 Å². The highest BCUT2D eigenvalue weighted by Crippen LogP contribution is 2.06. The van der Waals surface area contributed by atoms with Crippen molar-refractivity contribution in [3.8, 4) is 0 Å². The van der Waals surface area contributed by atoms with E-state index >= 15 is 0 Å². The fourth-order valence-corrected chi connectivity index (χ4v) is 2.27. The summed E-state index contributed by atoms with van der Waals surface area (Å²) < 4.78 is 5.30. The molecule has 0 spiro atoms. The van der Waals surface area contributed by atoms with E-state index in [1.54, 1.807) is 0 Å². The van der Waals surface area contributed by atoms with Gasteiger partial charge in [0.25, 0.3) is 0 Å². The van der Waals surface area contributed by atoms with Gasteiger partial charge in [-0.05, 0) is 52.9 Å². The van der Waals surface area contributed by atoms with Gasteiger partial charge in [0.05, 0.1) is 0 Å². The molecule has 0 aliphatic carbocycles. The average Bonchev–Trinajstić information content (AvgIpc) is 2.88. The van der Waals surface area contributed by atoms with Gasteiger partial charge in [0, 0.05) is 39.4 Å². The summed E-state index contributed by atoms with van der Waals surface area (Å²) in [7, 11) is 2.22. The number of ether oxygens (including phenoxy) is 1. The van der Waals surface area contributed by atoms with Crippen LogP contribution in [-0.4, -0.2) is 75.9 Å². The summed E-state index contributed by atoms with van der Waals surface area (Å²) >= 11 is 0. The van der Waals surface area contributed by atoms with Crippen LogP contribution in [-0.2, 0) is 4.74 Å². The van der Waals surface area contributed by atoms with Crippen LogP contribution in [0.25, 0.3) is 0 Å². The smallest absolute Gasteiger partial charge is 0.0477 e. The lowest BCUT2D eigenvalue weighted by molar-refractivity contribution is 0.144. The minimum Gasteiger partial charge on any atom is -0.382 e. The second kappa shape index (κ2) is 10.7. The van der Waals surface area contributed by atoms with Crippen molar-refractivity contribution >= 4 is 0 Å². The summed E-state index contributed by atoms with van der Waals surface area (Å²) in [6.07, 6.45) is 3.90. The van der Waals surface area contributed by atoms with Crippen LogP contribution in [0.5, 0.6) is 0 Å². The lowest BCUT2D eigenvalue weighted by atomic mass is 10.4. The van der Waals surface area contributed by atoms with Gasteiger partial charge in [-0.25, -0.2) is 0 Å². The minimum absolute atomic E-state index is 0.833. The zero-order valence-electron chi connectivity index (χ0n) is 12.3. The molecule has 4 nitrogen and oxygen atoms in total. The molecule has 1 aliphatic heterocycles. The van der Waals surface area contributed by atoms with Gasteiger partial charge >= 0.3 is 0 Å². The first-order valence-corrected chi connectivity index (χ1v) is 7.52. The number of likely N-dealkylation sites (tertiary alicyclic amines) is 1. The van der Waals surface area contributed by atoms with E-state index in [1.165, 1.54) is 39.0 Å². The second-order valence-corrected chi connectivity index (χ2v) is 5.15. The summed E-state index contributed by atoms with van der Waals surface area (Å²) in [4.78, 5) is 5.00. The Labute approximate surface area is 113 Å². The summed E-state index contributed by atoms with van der Waals surface area (Å²) in [6, 6.07) is 0. The molecule has 0 aromatic rings. The number of likely N-dealkylation sites (N-methyl/N-ethyl adjacent to an activating group) is 1. The number of nitrogens with one attached hydrogen (secondary N) is 1. The Bertz CT molecular complexity index is 184. The first-order chi connectivity index (χ1) is 8.83. The van der Waals surface area contributed by atoms with E-state index in [-0.39, 0.29) is 0 Å². The molecule has 0 aromatic heterocycles. The third-order valence-electron chi connectivity index (χ3n) is 3.51. The predicted molar refractivity (Wildman–Crippen MR) is 77.2 cm³/mol. The Kier molecular flexibility index (Phi) is 9.48. The van der Waals surface area contributed by atoms with Crippen LogP contribution in [0.15, 0.2) is 0 Å². The molecule has 0 unspecified atom stereocenters. The van der Waals surface area contributed by atoms with Crippen molar-refractivity contribution in [2.24, 2.45) is 0 Å². The lowest BCUT2D eigenvalue weighted by Crippen LogP contribution is -2.35. The molecule has 0 saturated carbocycles. The minimum atomic E-state index is 0.833. The van der Waals surface area contributed by atoms with E-state index in [2.05, 4.69) is 22.2 Å². The number of hydrogen-bond acceptors (Lipinski definition) is 4. The molecule has 108 valence electrons. The zero-order valence-corrected chi connectivity index (χ0v) is 12.3. The zero-order chi connectivity index (χ0) is 13.1. The highest BCUT2D eigenvalue weighted by atomic mass is 16.5. The van der Waals surface area contributed by atoms with Crippen LogP contribution in [0, 0.1) is 0 Å². The van der Waals surface area contributed by atoms with Crippen LogP contribution in [0.1, 0.15) is 26.2 Å². The van der Waals surface area contributed by atoms with Gasteiger partial charge in [-0.15, -0.1) is 0 Å². The molecule has 0 bridgehead atoms. The Morgan fingerprint density at radius 3 is 2.67 bits per heavy atom. The van der Waals surface area contributed by atoms with E-state index in [9.17, 15) is 0 Å². The molecule has 1 N–H and O–H groups in total. The fraction of sp³-hybridized carbons (Fsp3) is 1.00. The number of rotatable bonds is 11. The van der Waals surface area contributed by atoms with Gasteiger partial charge in [-0.3, -0.25) is 0 Å². The van der Waals surface area contributed by atoms with Crippen molar-refractivity contribution in [1.82, 2.24) is 15.1 Å². The van der Waals surface area contributed by atoms with Crippen molar-refractivity contribution in [3.05, 3.63) is 0 Å². The third kappa shape index (κ3) is 8.03. The molecule has 1 saturated heterocycles.